The van der Waals surface area contributed by atoms with Gasteiger partial charge in [-0.2, -0.15) is 0 Å². The van der Waals surface area contributed by atoms with E-state index in [0.29, 0.717) is 17.6 Å². The number of anilines is 1. The number of carbonyl (C=O) groups excluding carboxylic acids is 1. The minimum atomic E-state index is -0.273. The molecule has 7 nitrogen and oxygen atoms in total. The Morgan fingerprint density at radius 2 is 2.15 bits per heavy atom. The number of nitrogens with zero attached hydrogens (tertiary/aromatic N) is 4. The van der Waals surface area contributed by atoms with Crippen LogP contribution in [0.4, 0.5) is 5.82 Å². The number of hydrogen-bond donors (Lipinski definition) is 0. The molecule has 1 unspecified atom stereocenters. The van der Waals surface area contributed by atoms with E-state index in [0.717, 1.165) is 60.9 Å². The van der Waals surface area contributed by atoms with Crippen molar-refractivity contribution in [3.8, 4) is 0 Å². The molecule has 0 radical (unpaired) electrons. The van der Waals surface area contributed by atoms with Gasteiger partial charge in [0.2, 0.25) is 0 Å². The number of hydrogen-bond acceptors (Lipinski definition) is 8. The summed E-state index contributed by atoms with van der Waals surface area (Å²) >= 11 is 1.39. The van der Waals surface area contributed by atoms with E-state index in [4.69, 9.17) is 9.47 Å². The normalized spacial score (nSPS) is 21.1. The molecule has 2 saturated heterocycles. The highest BCUT2D eigenvalue weighted by molar-refractivity contribution is 7.20. The number of thiophene rings is 1. The Morgan fingerprint density at radius 1 is 1.33 bits per heavy atom. The van der Waals surface area contributed by atoms with Crippen LogP contribution in [0.5, 0.6) is 0 Å². The number of esters is 1. The first-order valence-corrected chi connectivity index (χ1v) is 10.5. The largest absolute Gasteiger partial charge is 0.462 e. The van der Waals surface area contributed by atoms with Crippen LogP contribution in [0.2, 0.25) is 0 Å². The first-order chi connectivity index (χ1) is 13.2. The van der Waals surface area contributed by atoms with E-state index in [1.54, 1.807) is 6.33 Å². The molecule has 2 aromatic rings. The molecule has 0 bridgehead atoms. The molecule has 146 valence electrons. The van der Waals surface area contributed by atoms with Gasteiger partial charge in [-0.05, 0) is 32.3 Å². The summed E-state index contributed by atoms with van der Waals surface area (Å²) in [6.07, 6.45) is 4.36. The second-order valence-electron chi connectivity index (χ2n) is 7.08. The number of aryl methyl sites for hydroxylation is 1. The van der Waals surface area contributed by atoms with Crippen LogP contribution < -0.4 is 4.90 Å². The molecule has 1 atom stereocenters. The highest BCUT2D eigenvalue weighted by atomic mass is 32.1. The Morgan fingerprint density at radius 3 is 2.85 bits per heavy atom. The van der Waals surface area contributed by atoms with Gasteiger partial charge in [0.05, 0.1) is 18.1 Å². The molecule has 0 saturated carbocycles. The summed E-state index contributed by atoms with van der Waals surface area (Å²) in [5.41, 5.74) is 0.922. The Kier molecular flexibility index (Phi) is 5.56. The molecule has 2 aliphatic heterocycles. The lowest BCUT2D eigenvalue weighted by Gasteiger charge is -2.36. The minimum Gasteiger partial charge on any atom is -0.462 e. The van der Waals surface area contributed by atoms with Gasteiger partial charge < -0.3 is 14.4 Å². The summed E-state index contributed by atoms with van der Waals surface area (Å²) < 4.78 is 11.0. The SMILES string of the molecule is CCOC(=O)c1sc2ncnc(N3CCN(CC4CCCO4)CC3)c2c1C. The second kappa shape index (κ2) is 8.08. The average molecular weight is 391 g/mol. The van der Waals surface area contributed by atoms with E-state index < -0.39 is 0 Å². The van der Waals surface area contributed by atoms with Crippen LogP contribution >= 0.6 is 11.3 Å². The molecule has 0 N–H and O–H groups in total. The van der Waals surface area contributed by atoms with Gasteiger partial charge in [-0.1, -0.05) is 0 Å². The molecule has 2 aromatic heterocycles. The molecule has 4 heterocycles. The Balaban J connectivity index is 1.51. The summed E-state index contributed by atoms with van der Waals surface area (Å²) in [7, 11) is 0. The summed E-state index contributed by atoms with van der Waals surface area (Å²) in [5, 5.41) is 0.984. The predicted octanol–water partition coefficient (Wildman–Crippen LogP) is 2.48. The van der Waals surface area contributed by atoms with E-state index in [-0.39, 0.29) is 5.97 Å². The van der Waals surface area contributed by atoms with Crippen LogP contribution in [0.3, 0.4) is 0 Å². The van der Waals surface area contributed by atoms with Gasteiger partial charge in [0, 0.05) is 39.3 Å². The molecule has 4 rings (SSSR count). The van der Waals surface area contributed by atoms with Gasteiger partial charge in [-0.25, -0.2) is 14.8 Å². The fourth-order valence-corrected chi connectivity index (χ4v) is 4.94. The van der Waals surface area contributed by atoms with Crippen molar-refractivity contribution in [2.45, 2.75) is 32.8 Å². The standard InChI is InChI=1S/C19H26N4O3S/c1-3-25-19(24)16-13(2)15-17(20-12-21-18(15)27-16)23-8-6-22(7-9-23)11-14-5-4-10-26-14/h12,14H,3-11H2,1-2H3. The van der Waals surface area contributed by atoms with Crippen LogP contribution in [0.1, 0.15) is 35.0 Å². The first kappa shape index (κ1) is 18.6. The average Bonchev–Trinajstić information content (AvgIpc) is 3.30. The van der Waals surface area contributed by atoms with Crippen molar-refractivity contribution in [2.24, 2.45) is 0 Å². The van der Waals surface area contributed by atoms with Crippen LogP contribution in [0.15, 0.2) is 6.33 Å². The second-order valence-corrected chi connectivity index (χ2v) is 8.08. The van der Waals surface area contributed by atoms with Gasteiger partial charge in [0.1, 0.15) is 21.9 Å². The predicted molar refractivity (Wildman–Crippen MR) is 106 cm³/mol. The van der Waals surface area contributed by atoms with Gasteiger partial charge in [0.15, 0.2) is 0 Å². The fourth-order valence-electron chi connectivity index (χ4n) is 3.90. The summed E-state index contributed by atoms with van der Waals surface area (Å²) in [6.45, 7) is 9.93. The zero-order valence-electron chi connectivity index (χ0n) is 15.9. The van der Waals surface area contributed by atoms with Crippen LogP contribution in [0, 0.1) is 6.92 Å². The number of ether oxygens (including phenoxy) is 2. The monoisotopic (exact) mass is 390 g/mol. The lowest BCUT2D eigenvalue weighted by atomic mass is 10.1. The quantitative estimate of drug-likeness (QED) is 0.727. The van der Waals surface area contributed by atoms with E-state index in [9.17, 15) is 4.79 Å². The van der Waals surface area contributed by atoms with Crippen LogP contribution in [0.25, 0.3) is 10.2 Å². The highest BCUT2D eigenvalue weighted by Gasteiger charge is 2.26. The summed E-state index contributed by atoms with van der Waals surface area (Å²) in [6, 6.07) is 0. The van der Waals surface area contributed by atoms with Crippen molar-refractivity contribution in [3.05, 3.63) is 16.8 Å². The fraction of sp³-hybridized carbons (Fsp3) is 0.632. The lowest BCUT2D eigenvalue weighted by Crippen LogP contribution is -2.48. The topological polar surface area (TPSA) is 67.8 Å². The van der Waals surface area contributed by atoms with E-state index >= 15 is 0 Å². The number of piperazine rings is 1. The Labute approximate surface area is 163 Å². The third kappa shape index (κ3) is 3.79. The number of fused-ring (bicyclic) bond motifs is 1. The van der Waals surface area contributed by atoms with Crippen molar-refractivity contribution in [1.29, 1.82) is 0 Å². The lowest BCUT2D eigenvalue weighted by molar-refractivity contribution is 0.0531. The summed E-state index contributed by atoms with van der Waals surface area (Å²) in [4.78, 5) is 27.5. The molecule has 0 aliphatic carbocycles. The van der Waals surface area contributed by atoms with Crippen molar-refractivity contribution < 1.29 is 14.3 Å². The number of rotatable bonds is 5. The van der Waals surface area contributed by atoms with Crippen molar-refractivity contribution in [1.82, 2.24) is 14.9 Å². The molecule has 2 fully saturated rings. The van der Waals surface area contributed by atoms with Crippen molar-refractivity contribution in [2.75, 3.05) is 50.8 Å². The van der Waals surface area contributed by atoms with Gasteiger partial charge in [0.25, 0.3) is 0 Å². The zero-order chi connectivity index (χ0) is 18.8. The van der Waals surface area contributed by atoms with Gasteiger partial charge >= 0.3 is 5.97 Å². The molecule has 0 amide bonds. The highest BCUT2D eigenvalue weighted by Crippen LogP contribution is 2.35. The first-order valence-electron chi connectivity index (χ1n) is 9.67. The molecule has 0 spiro atoms. The zero-order valence-corrected chi connectivity index (χ0v) is 16.8. The van der Waals surface area contributed by atoms with E-state index in [1.165, 1.54) is 24.2 Å². The van der Waals surface area contributed by atoms with Gasteiger partial charge in [-0.15, -0.1) is 11.3 Å². The third-order valence-corrected chi connectivity index (χ3v) is 6.51. The van der Waals surface area contributed by atoms with E-state index in [2.05, 4.69) is 19.8 Å². The molecular formula is C19H26N4O3S. The minimum absolute atomic E-state index is 0.273. The Bertz CT molecular complexity index is 811. The maximum Gasteiger partial charge on any atom is 0.348 e. The van der Waals surface area contributed by atoms with Crippen LogP contribution in [-0.4, -0.2) is 72.9 Å². The Hall–Kier alpha value is -1.77. The molecule has 2 aliphatic rings. The van der Waals surface area contributed by atoms with E-state index in [1.807, 2.05) is 13.8 Å². The summed E-state index contributed by atoms with van der Waals surface area (Å²) in [5.74, 6) is 0.659. The number of carbonyl (C=O) groups is 1. The molecule has 0 aromatic carbocycles. The van der Waals surface area contributed by atoms with Gasteiger partial charge in [-0.3, -0.25) is 4.90 Å². The molecule has 8 heteroatoms. The van der Waals surface area contributed by atoms with Crippen molar-refractivity contribution >= 4 is 33.3 Å². The maximum atomic E-state index is 12.2. The number of aromatic nitrogens is 2. The third-order valence-electron chi connectivity index (χ3n) is 5.33. The van der Waals surface area contributed by atoms with Crippen molar-refractivity contribution in [3.63, 3.8) is 0 Å². The van der Waals surface area contributed by atoms with Crippen LogP contribution in [-0.2, 0) is 9.47 Å². The molecular weight excluding hydrogens is 364 g/mol. The maximum absolute atomic E-state index is 12.2. The molecule has 27 heavy (non-hydrogen) atoms. The smallest absolute Gasteiger partial charge is 0.348 e.